The maximum Gasteiger partial charge on any atom is 0.519 e. The first-order valence-electron chi connectivity index (χ1n) is 8.81. The van der Waals surface area contributed by atoms with E-state index in [4.69, 9.17) is 29.0 Å². The molecule has 7 heteroatoms. The molecule has 0 heterocycles. The molecule has 0 spiro atoms. The van der Waals surface area contributed by atoms with E-state index in [1.54, 1.807) is 48.5 Å². The van der Waals surface area contributed by atoms with Crippen molar-refractivity contribution in [2.24, 2.45) is 0 Å². The van der Waals surface area contributed by atoms with E-state index in [0.717, 1.165) is 0 Å². The summed E-state index contributed by atoms with van der Waals surface area (Å²) in [5, 5.41) is 0. The van der Waals surface area contributed by atoms with Crippen molar-refractivity contribution in [2.75, 3.05) is 0 Å². The van der Waals surface area contributed by atoms with Gasteiger partial charge in [-0.3, -0.25) is 0 Å². The van der Waals surface area contributed by atoms with Crippen LogP contribution < -0.4 is 19.2 Å². The highest BCUT2D eigenvalue weighted by Gasteiger charge is 2.14. The predicted octanol–water partition coefficient (Wildman–Crippen LogP) is 5.48. The van der Waals surface area contributed by atoms with Crippen molar-refractivity contribution in [3.63, 3.8) is 0 Å². The van der Waals surface area contributed by atoms with Gasteiger partial charge < -0.3 is 19.2 Å². The molecule has 0 bridgehead atoms. The molecule has 0 unspecified atom stereocenters. The summed E-state index contributed by atoms with van der Waals surface area (Å²) in [4.78, 5) is 32.7. The van der Waals surface area contributed by atoms with Gasteiger partial charge in [0.05, 0.1) is 0 Å². The first kappa shape index (κ1) is 21.5. The third-order valence-electron chi connectivity index (χ3n) is 2.83. The molecule has 0 radical (unpaired) electrons. The fraction of sp³-hybridized carbons (Fsp3) is 0.381. The van der Waals surface area contributed by atoms with Gasteiger partial charge in [0.25, 0.3) is 0 Å². The van der Waals surface area contributed by atoms with E-state index < -0.39 is 17.4 Å². The van der Waals surface area contributed by atoms with Crippen LogP contribution in [0.25, 0.3) is 0 Å². The molecule has 2 aromatic carbocycles. The molecule has 7 nitrogen and oxygen atoms in total. The lowest BCUT2D eigenvalue weighted by atomic mass is 10.2. The van der Waals surface area contributed by atoms with E-state index in [-0.39, 0.29) is 0 Å². The molecule has 0 saturated heterocycles. The number of carbonyl (C=O) groups is 1. The Morgan fingerprint density at radius 3 is 1.14 bits per heavy atom. The van der Waals surface area contributed by atoms with Crippen molar-refractivity contribution in [1.82, 2.24) is 0 Å². The van der Waals surface area contributed by atoms with Gasteiger partial charge in [-0.1, -0.05) is 0 Å². The summed E-state index contributed by atoms with van der Waals surface area (Å²) in [7, 11) is 0. The monoisotopic (exact) mass is 390 g/mol. The molecule has 0 N–H and O–H groups in total. The Bertz CT molecular complexity index is 688. The smallest absolute Gasteiger partial charge is 0.395 e. The molecule has 0 aliphatic rings. The molecule has 0 fully saturated rings. The van der Waals surface area contributed by atoms with Crippen molar-refractivity contribution in [2.45, 2.75) is 52.7 Å². The Hall–Kier alpha value is -2.77. The number of benzene rings is 2. The summed E-state index contributed by atoms with van der Waals surface area (Å²) in [6, 6.07) is 12.8. The molecule has 0 aliphatic heterocycles. The van der Waals surface area contributed by atoms with Crippen LogP contribution in [0, 0.1) is 0 Å². The third-order valence-corrected chi connectivity index (χ3v) is 2.83. The van der Waals surface area contributed by atoms with Gasteiger partial charge in [0.1, 0.15) is 22.7 Å². The first-order chi connectivity index (χ1) is 13.0. The topological polar surface area (TPSA) is 72.5 Å². The van der Waals surface area contributed by atoms with Crippen molar-refractivity contribution < 1.29 is 33.8 Å². The summed E-state index contributed by atoms with van der Waals surface area (Å²) in [6.45, 7) is 11.2. The van der Waals surface area contributed by atoms with Crippen LogP contribution in [0.4, 0.5) is 4.79 Å². The fourth-order valence-electron chi connectivity index (χ4n) is 1.69. The average Bonchev–Trinajstić information content (AvgIpc) is 2.59. The van der Waals surface area contributed by atoms with Gasteiger partial charge in [-0.05, 0) is 90.1 Å². The normalized spacial score (nSPS) is 11.6. The molecule has 0 aromatic heterocycles. The van der Waals surface area contributed by atoms with Crippen LogP contribution in [0.5, 0.6) is 23.0 Å². The van der Waals surface area contributed by atoms with Crippen molar-refractivity contribution in [1.29, 1.82) is 0 Å². The molecule has 0 aliphatic carbocycles. The molecule has 152 valence electrons. The zero-order valence-corrected chi connectivity index (χ0v) is 17.0. The Kier molecular flexibility index (Phi) is 6.88. The maximum absolute atomic E-state index is 11.9. The Balaban J connectivity index is 1.83. The van der Waals surface area contributed by atoms with Crippen molar-refractivity contribution in [3.8, 4) is 23.0 Å². The lowest BCUT2D eigenvalue weighted by molar-refractivity contribution is -0.274. The van der Waals surface area contributed by atoms with E-state index in [2.05, 4.69) is 0 Å². The highest BCUT2D eigenvalue weighted by molar-refractivity contribution is 5.67. The molecule has 0 atom stereocenters. The first-order valence-corrected chi connectivity index (χ1v) is 8.81. The predicted molar refractivity (Wildman–Crippen MR) is 102 cm³/mol. The lowest BCUT2D eigenvalue weighted by Gasteiger charge is -2.17. The van der Waals surface area contributed by atoms with Crippen LogP contribution in [-0.2, 0) is 9.78 Å². The van der Waals surface area contributed by atoms with Crippen LogP contribution in [0.15, 0.2) is 48.5 Å². The minimum atomic E-state index is -0.862. The fourth-order valence-corrected chi connectivity index (χ4v) is 1.69. The SMILES string of the molecule is CC(C)(C)OOc1ccc(OC(=O)Oc2ccc(OOC(C)(C)C)cc2)cc1. The molecule has 28 heavy (non-hydrogen) atoms. The second kappa shape index (κ2) is 8.95. The van der Waals surface area contributed by atoms with Gasteiger partial charge in [0.2, 0.25) is 0 Å². The van der Waals surface area contributed by atoms with Gasteiger partial charge in [0.15, 0.2) is 11.5 Å². The zero-order chi connectivity index (χ0) is 20.8. The minimum Gasteiger partial charge on any atom is -0.395 e. The average molecular weight is 390 g/mol. The Morgan fingerprint density at radius 1 is 0.571 bits per heavy atom. The largest absolute Gasteiger partial charge is 0.519 e. The minimum absolute atomic E-state index is 0.312. The zero-order valence-electron chi connectivity index (χ0n) is 17.0. The van der Waals surface area contributed by atoms with Crippen LogP contribution >= 0.6 is 0 Å². The third kappa shape index (κ3) is 8.28. The van der Waals surface area contributed by atoms with Gasteiger partial charge in [-0.2, -0.15) is 9.78 Å². The molecular formula is C21H26O7. The van der Waals surface area contributed by atoms with Gasteiger partial charge in [-0.25, -0.2) is 4.79 Å². The summed E-state index contributed by atoms with van der Waals surface area (Å²) in [5.41, 5.74) is -0.864. The van der Waals surface area contributed by atoms with E-state index in [1.807, 2.05) is 41.5 Å². The molecular weight excluding hydrogens is 364 g/mol. The van der Waals surface area contributed by atoms with E-state index in [9.17, 15) is 4.79 Å². The number of rotatable bonds is 6. The molecule has 0 amide bonds. The molecule has 2 aromatic rings. The molecule has 2 rings (SSSR count). The second-order valence-corrected chi connectivity index (χ2v) is 7.96. The quantitative estimate of drug-likeness (QED) is 0.280. The van der Waals surface area contributed by atoms with Crippen LogP contribution in [0.1, 0.15) is 41.5 Å². The summed E-state index contributed by atoms with van der Waals surface area (Å²) in [5.74, 6) is 1.60. The highest BCUT2D eigenvalue weighted by Crippen LogP contribution is 2.22. The van der Waals surface area contributed by atoms with E-state index in [1.165, 1.54) is 0 Å². The number of ether oxygens (including phenoxy) is 2. The summed E-state index contributed by atoms with van der Waals surface area (Å²) >= 11 is 0. The van der Waals surface area contributed by atoms with Crippen LogP contribution in [0.3, 0.4) is 0 Å². The maximum atomic E-state index is 11.9. The second-order valence-electron chi connectivity index (χ2n) is 7.96. The Labute approximate surface area is 164 Å². The van der Waals surface area contributed by atoms with E-state index in [0.29, 0.717) is 23.0 Å². The molecule has 0 saturated carbocycles. The van der Waals surface area contributed by atoms with Crippen LogP contribution in [-0.4, -0.2) is 17.4 Å². The van der Waals surface area contributed by atoms with Gasteiger partial charge in [0, 0.05) is 0 Å². The standard InChI is InChI=1S/C21H26O7/c1-20(2,3)27-25-17-11-7-15(8-12-17)23-19(22)24-16-9-13-18(14-10-16)26-28-21(4,5)6/h7-14H,1-6H3. The lowest BCUT2D eigenvalue weighted by Crippen LogP contribution is -2.21. The van der Waals surface area contributed by atoms with E-state index >= 15 is 0 Å². The number of carbonyl (C=O) groups excluding carboxylic acids is 1. The summed E-state index contributed by atoms with van der Waals surface area (Å²) < 4.78 is 10.3. The Morgan fingerprint density at radius 2 is 0.857 bits per heavy atom. The van der Waals surface area contributed by atoms with Gasteiger partial charge in [-0.15, -0.1) is 0 Å². The summed E-state index contributed by atoms with van der Waals surface area (Å²) in [6.07, 6.45) is -0.862. The number of hydrogen-bond acceptors (Lipinski definition) is 7. The van der Waals surface area contributed by atoms with Crippen molar-refractivity contribution >= 4 is 6.16 Å². The van der Waals surface area contributed by atoms with Crippen molar-refractivity contribution in [3.05, 3.63) is 48.5 Å². The van der Waals surface area contributed by atoms with Crippen LogP contribution in [0.2, 0.25) is 0 Å². The number of hydrogen-bond donors (Lipinski definition) is 0. The van der Waals surface area contributed by atoms with Gasteiger partial charge >= 0.3 is 6.16 Å². The highest BCUT2D eigenvalue weighted by atomic mass is 17.2.